The molecule has 1 amide bonds. The smallest absolute Gasteiger partial charge is 0.305 e. The van der Waals surface area contributed by atoms with Gasteiger partial charge in [0.05, 0.1) is 7.11 Å². The third kappa shape index (κ3) is 5.75. The molecule has 0 radical (unpaired) electrons. The number of likely N-dealkylation sites (tertiary alicyclic amines) is 2. The fourth-order valence-corrected chi connectivity index (χ4v) is 4.54. The molecular formula is C22H30F2N2O3. The van der Waals surface area contributed by atoms with Crippen molar-refractivity contribution < 1.29 is 23.1 Å². The number of carbonyl (C=O) groups excluding carboxylic acids is 2. The standard InChI is InChI=1S/C22H30F2N2O3/c1-29-21(28)7-3-6-20(27)26-13-10-17(15-26)16-8-11-25(12-9-16)14-18-4-2-5-19(23)22(18)24/h2,4-5,16-17H,3,6-15H2,1H3/t17-/m0/s1. The first kappa shape index (κ1) is 21.7. The van der Waals surface area contributed by atoms with E-state index < -0.39 is 11.6 Å². The number of rotatable bonds is 7. The molecule has 2 fully saturated rings. The molecule has 3 rings (SSSR count). The number of piperidine rings is 1. The molecule has 0 N–H and O–H groups in total. The number of nitrogens with zero attached hydrogens (tertiary/aromatic N) is 2. The lowest BCUT2D eigenvalue weighted by Gasteiger charge is -2.35. The highest BCUT2D eigenvalue weighted by Gasteiger charge is 2.33. The van der Waals surface area contributed by atoms with Crippen molar-refractivity contribution in [1.29, 1.82) is 0 Å². The number of esters is 1. The minimum absolute atomic E-state index is 0.121. The zero-order chi connectivity index (χ0) is 20.8. The highest BCUT2D eigenvalue weighted by Crippen LogP contribution is 2.32. The van der Waals surface area contributed by atoms with Crippen molar-refractivity contribution in [2.24, 2.45) is 11.8 Å². The molecule has 0 aliphatic carbocycles. The quantitative estimate of drug-likeness (QED) is 0.649. The Morgan fingerprint density at radius 1 is 1.07 bits per heavy atom. The third-order valence-electron chi connectivity index (χ3n) is 6.30. The van der Waals surface area contributed by atoms with Gasteiger partial charge in [-0.05, 0) is 56.7 Å². The van der Waals surface area contributed by atoms with Crippen molar-refractivity contribution in [3.8, 4) is 0 Å². The second-order valence-electron chi connectivity index (χ2n) is 8.14. The molecule has 0 spiro atoms. The fourth-order valence-electron chi connectivity index (χ4n) is 4.54. The topological polar surface area (TPSA) is 49.9 Å². The zero-order valence-corrected chi connectivity index (χ0v) is 17.0. The van der Waals surface area contributed by atoms with Gasteiger partial charge in [0.2, 0.25) is 5.91 Å². The van der Waals surface area contributed by atoms with Gasteiger partial charge in [0.1, 0.15) is 0 Å². The van der Waals surface area contributed by atoms with Gasteiger partial charge in [-0.1, -0.05) is 12.1 Å². The van der Waals surface area contributed by atoms with E-state index in [1.165, 1.54) is 7.11 Å². The second kappa shape index (κ2) is 10.1. The molecule has 2 aliphatic heterocycles. The SMILES string of the molecule is COC(=O)CCCC(=O)N1CC[C@H](C2CCN(Cc3cccc(F)c3F)CC2)C1. The molecule has 1 aromatic carbocycles. The Morgan fingerprint density at radius 3 is 2.52 bits per heavy atom. The van der Waals surface area contributed by atoms with Crippen LogP contribution in [-0.4, -0.2) is 55.0 Å². The van der Waals surface area contributed by atoms with Gasteiger partial charge in [0, 0.05) is 38.0 Å². The van der Waals surface area contributed by atoms with Gasteiger partial charge >= 0.3 is 5.97 Å². The van der Waals surface area contributed by atoms with Crippen molar-refractivity contribution in [2.75, 3.05) is 33.3 Å². The number of halogens is 2. The van der Waals surface area contributed by atoms with Crippen molar-refractivity contribution in [3.05, 3.63) is 35.4 Å². The number of ether oxygens (including phenoxy) is 1. The summed E-state index contributed by atoms with van der Waals surface area (Å²) in [5.41, 5.74) is 0.410. The number of hydrogen-bond acceptors (Lipinski definition) is 4. The Kier molecular flexibility index (Phi) is 7.58. The molecule has 0 unspecified atom stereocenters. The minimum atomic E-state index is -0.792. The maximum absolute atomic E-state index is 13.9. The zero-order valence-electron chi connectivity index (χ0n) is 17.0. The largest absolute Gasteiger partial charge is 0.469 e. The van der Waals surface area contributed by atoms with Crippen LogP contribution in [0.15, 0.2) is 18.2 Å². The molecule has 29 heavy (non-hydrogen) atoms. The summed E-state index contributed by atoms with van der Waals surface area (Å²) in [6, 6.07) is 4.34. The summed E-state index contributed by atoms with van der Waals surface area (Å²) >= 11 is 0. The predicted octanol–water partition coefficient (Wildman–Crippen LogP) is 3.37. The molecular weight excluding hydrogens is 378 g/mol. The molecule has 160 valence electrons. The summed E-state index contributed by atoms with van der Waals surface area (Å²) < 4.78 is 31.9. The van der Waals surface area contributed by atoms with E-state index in [4.69, 9.17) is 0 Å². The van der Waals surface area contributed by atoms with Gasteiger partial charge in [-0.3, -0.25) is 14.5 Å². The lowest BCUT2D eigenvalue weighted by atomic mass is 9.83. The van der Waals surface area contributed by atoms with Crippen LogP contribution in [0.4, 0.5) is 8.78 Å². The highest BCUT2D eigenvalue weighted by atomic mass is 19.2. The minimum Gasteiger partial charge on any atom is -0.469 e. The normalized spacial score (nSPS) is 20.8. The maximum Gasteiger partial charge on any atom is 0.305 e. The Balaban J connectivity index is 1.40. The van der Waals surface area contributed by atoms with Crippen LogP contribution in [0.25, 0.3) is 0 Å². The average molecular weight is 408 g/mol. The number of carbonyl (C=O) groups is 2. The summed E-state index contributed by atoms with van der Waals surface area (Å²) in [6.07, 6.45) is 4.26. The molecule has 2 saturated heterocycles. The molecule has 1 atom stereocenters. The lowest BCUT2D eigenvalue weighted by molar-refractivity contribution is -0.140. The van der Waals surface area contributed by atoms with E-state index in [9.17, 15) is 18.4 Å². The Bertz CT molecular complexity index is 720. The Hall–Kier alpha value is -2.02. The monoisotopic (exact) mass is 408 g/mol. The fraction of sp³-hybridized carbons (Fsp3) is 0.636. The van der Waals surface area contributed by atoms with Crippen LogP contribution in [0.3, 0.4) is 0 Å². The van der Waals surface area contributed by atoms with E-state index in [0.29, 0.717) is 36.8 Å². The van der Waals surface area contributed by atoms with Crippen molar-refractivity contribution in [1.82, 2.24) is 9.80 Å². The van der Waals surface area contributed by atoms with Crippen molar-refractivity contribution >= 4 is 11.9 Å². The molecule has 0 saturated carbocycles. The Labute approximate surface area is 171 Å². The molecule has 1 aromatic rings. The first-order valence-corrected chi connectivity index (χ1v) is 10.5. The molecule has 2 aliphatic rings. The van der Waals surface area contributed by atoms with Crippen LogP contribution in [0.1, 0.15) is 44.1 Å². The van der Waals surface area contributed by atoms with Gasteiger partial charge in [-0.15, -0.1) is 0 Å². The average Bonchev–Trinajstić information content (AvgIpc) is 3.22. The number of hydrogen-bond donors (Lipinski definition) is 0. The highest BCUT2D eigenvalue weighted by molar-refractivity contribution is 5.77. The first-order valence-electron chi connectivity index (χ1n) is 10.5. The van der Waals surface area contributed by atoms with Gasteiger partial charge in [-0.2, -0.15) is 0 Å². The van der Waals surface area contributed by atoms with Crippen molar-refractivity contribution in [3.63, 3.8) is 0 Å². The van der Waals surface area contributed by atoms with E-state index in [1.54, 1.807) is 12.1 Å². The predicted molar refractivity (Wildman–Crippen MR) is 105 cm³/mol. The molecule has 0 bridgehead atoms. The van der Waals surface area contributed by atoms with E-state index in [1.807, 2.05) is 4.90 Å². The lowest BCUT2D eigenvalue weighted by Crippen LogP contribution is -2.37. The van der Waals surface area contributed by atoms with E-state index in [0.717, 1.165) is 51.5 Å². The van der Waals surface area contributed by atoms with Gasteiger partial charge in [0.25, 0.3) is 0 Å². The van der Waals surface area contributed by atoms with E-state index in [-0.39, 0.29) is 18.3 Å². The summed E-state index contributed by atoms with van der Waals surface area (Å²) in [5.74, 6) is -0.618. The van der Waals surface area contributed by atoms with Crippen molar-refractivity contribution in [2.45, 2.75) is 45.1 Å². The second-order valence-corrected chi connectivity index (χ2v) is 8.14. The summed E-state index contributed by atoms with van der Waals surface area (Å²) in [5, 5.41) is 0. The van der Waals surface area contributed by atoms with Crippen LogP contribution in [0.5, 0.6) is 0 Å². The van der Waals surface area contributed by atoms with Crippen LogP contribution in [0, 0.1) is 23.5 Å². The molecule has 0 aromatic heterocycles. The first-order chi connectivity index (χ1) is 14.0. The molecule has 7 heteroatoms. The van der Waals surface area contributed by atoms with Gasteiger partial charge < -0.3 is 9.64 Å². The van der Waals surface area contributed by atoms with E-state index in [2.05, 4.69) is 9.64 Å². The summed E-state index contributed by atoms with van der Waals surface area (Å²) in [6.45, 7) is 3.75. The van der Waals surface area contributed by atoms with Crippen LogP contribution < -0.4 is 0 Å². The maximum atomic E-state index is 13.9. The van der Waals surface area contributed by atoms with Crippen LogP contribution >= 0.6 is 0 Å². The number of benzene rings is 1. The molecule has 2 heterocycles. The van der Waals surface area contributed by atoms with Crippen LogP contribution in [0.2, 0.25) is 0 Å². The summed E-state index contributed by atoms with van der Waals surface area (Å²) in [7, 11) is 1.36. The van der Waals surface area contributed by atoms with Crippen LogP contribution in [-0.2, 0) is 20.9 Å². The third-order valence-corrected chi connectivity index (χ3v) is 6.30. The van der Waals surface area contributed by atoms with Gasteiger partial charge in [-0.25, -0.2) is 8.78 Å². The van der Waals surface area contributed by atoms with Gasteiger partial charge in [0.15, 0.2) is 11.6 Å². The summed E-state index contributed by atoms with van der Waals surface area (Å²) in [4.78, 5) is 27.6. The molecule has 5 nitrogen and oxygen atoms in total. The number of amides is 1. The number of methoxy groups -OCH3 is 1. The van der Waals surface area contributed by atoms with E-state index >= 15 is 0 Å². The Morgan fingerprint density at radius 2 is 1.79 bits per heavy atom.